The molecule has 0 aromatic heterocycles. The van der Waals surface area contributed by atoms with Crippen LogP contribution in [0.3, 0.4) is 0 Å². The molecule has 2 fully saturated rings. The summed E-state index contributed by atoms with van der Waals surface area (Å²) in [6.45, 7) is 4.03. The van der Waals surface area contributed by atoms with Gasteiger partial charge in [0.1, 0.15) is 0 Å². The fourth-order valence-corrected chi connectivity index (χ4v) is 4.16. The molecule has 2 aliphatic heterocycles. The van der Waals surface area contributed by atoms with Crippen molar-refractivity contribution in [2.75, 3.05) is 19.8 Å². The van der Waals surface area contributed by atoms with Gasteiger partial charge in [0.25, 0.3) is 0 Å². The van der Waals surface area contributed by atoms with Crippen LogP contribution in [-0.2, 0) is 14.8 Å². The van der Waals surface area contributed by atoms with Crippen molar-refractivity contribution in [3.8, 4) is 0 Å². The van der Waals surface area contributed by atoms with E-state index in [-0.39, 0.29) is 17.3 Å². The Morgan fingerprint density at radius 1 is 1.29 bits per heavy atom. The largest absolute Gasteiger partial charge is 0.380 e. The molecular weight excluding hydrogens is 240 g/mol. The molecule has 2 aliphatic rings. The molecule has 0 aromatic carbocycles. The van der Waals surface area contributed by atoms with Crippen molar-refractivity contribution in [3.63, 3.8) is 0 Å². The summed E-state index contributed by atoms with van der Waals surface area (Å²) in [6, 6.07) is 0.235. The van der Waals surface area contributed by atoms with E-state index in [2.05, 4.69) is 10.0 Å². The minimum absolute atomic E-state index is 0.0238. The Balaban J connectivity index is 1.95. The highest BCUT2D eigenvalue weighted by atomic mass is 32.2. The summed E-state index contributed by atoms with van der Waals surface area (Å²) in [5.41, 5.74) is 0. The molecule has 2 heterocycles. The molecule has 0 aromatic rings. The van der Waals surface area contributed by atoms with Crippen molar-refractivity contribution < 1.29 is 13.2 Å². The fraction of sp³-hybridized carbons (Fsp3) is 1.00. The summed E-state index contributed by atoms with van der Waals surface area (Å²) >= 11 is 0. The fourth-order valence-electron chi connectivity index (χ4n) is 2.47. The molecule has 100 valence electrons. The third kappa shape index (κ3) is 3.40. The second-order valence-electron chi connectivity index (χ2n) is 4.99. The lowest BCUT2D eigenvalue weighted by Crippen LogP contribution is -2.54. The number of nitrogens with one attached hydrogen (secondary N) is 2. The first-order chi connectivity index (χ1) is 8.09. The van der Waals surface area contributed by atoms with E-state index in [4.69, 9.17) is 4.74 Å². The molecule has 2 rings (SSSR count). The topological polar surface area (TPSA) is 67.4 Å². The van der Waals surface area contributed by atoms with Gasteiger partial charge in [-0.3, -0.25) is 0 Å². The molecule has 3 atom stereocenters. The molecule has 2 saturated heterocycles. The Bertz CT molecular complexity index is 339. The van der Waals surface area contributed by atoms with Crippen LogP contribution < -0.4 is 10.0 Å². The van der Waals surface area contributed by atoms with E-state index < -0.39 is 10.0 Å². The molecule has 0 saturated carbocycles. The lowest BCUT2D eigenvalue weighted by molar-refractivity contribution is 0.0986. The minimum Gasteiger partial charge on any atom is -0.380 e. The maximum absolute atomic E-state index is 12.2. The van der Waals surface area contributed by atoms with Gasteiger partial charge in [0.05, 0.1) is 11.9 Å². The number of ether oxygens (including phenoxy) is 1. The van der Waals surface area contributed by atoms with Crippen LogP contribution in [0.2, 0.25) is 0 Å². The number of rotatable bonds is 3. The van der Waals surface area contributed by atoms with Gasteiger partial charge in [0.15, 0.2) is 0 Å². The normalized spacial score (nSPS) is 35.7. The molecule has 6 heteroatoms. The van der Waals surface area contributed by atoms with Gasteiger partial charge in [0.2, 0.25) is 10.0 Å². The predicted molar refractivity (Wildman–Crippen MR) is 66.4 cm³/mol. The van der Waals surface area contributed by atoms with Crippen LogP contribution in [0.5, 0.6) is 0 Å². The number of hydrogen-bond donors (Lipinski definition) is 2. The van der Waals surface area contributed by atoms with Gasteiger partial charge in [-0.15, -0.1) is 0 Å². The quantitative estimate of drug-likeness (QED) is 0.764. The summed E-state index contributed by atoms with van der Waals surface area (Å²) < 4.78 is 32.5. The van der Waals surface area contributed by atoms with Crippen molar-refractivity contribution >= 4 is 10.0 Å². The van der Waals surface area contributed by atoms with Gasteiger partial charge in [-0.2, -0.15) is 0 Å². The number of hydrogen-bond acceptors (Lipinski definition) is 4. The van der Waals surface area contributed by atoms with Gasteiger partial charge in [0, 0.05) is 18.7 Å². The number of sulfonamides is 1. The molecular formula is C11H22N2O3S. The van der Waals surface area contributed by atoms with Gasteiger partial charge in [-0.1, -0.05) is 0 Å². The maximum Gasteiger partial charge on any atom is 0.217 e. The number of piperidine rings is 1. The predicted octanol–water partition coefficient (Wildman–Crippen LogP) is 0.225. The smallest absolute Gasteiger partial charge is 0.217 e. The monoisotopic (exact) mass is 262 g/mol. The first-order valence-corrected chi connectivity index (χ1v) is 7.96. The SMILES string of the molecule is CC1NCCCC1NS(=O)(=O)C1CCCOC1. The lowest BCUT2D eigenvalue weighted by Gasteiger charge is -2.32. The zero-order chi connectivity index (χ0) is 12.3. The van der Waals surface area contributed by atoms with E-state index in [1.165, 1.54) is 0 Å². The third-order valence-electron chi connectivity index (χ3n) is 3.63. The van der Waals surface area contributed by atoms with Gasteiger partial charge in [-0.05, 0) is 39.2 Å². The average Bonchev–Trinajstić information content (AvgIpc) is 2.33. The highest BCUT2D eigenvalue weighted by Crippen LogP contribution is 2.16. The summed E-state index contributed by atoms with van der Waals surface area (Å²) in [4.78, 5) is 0. The molecule has 5 nitrogen and oxygen atoms in total. The molecule has 0 spiro atoms. The van der Waals surface area contributed by atoms with E-state index >= 15 is 0 Å². The zero-order valence-electron chi connectivity index (χ0n) is 10.3. The van der Waals surface area contributed by atoms with Crippen molar-refractivity contribution in [1.82, 2.24) is 10.0 Å². The Hall–Kier alpha value is -0.170. The summed E-state index contributed by atoms with van der Waals surface area (Å²) in [7, 11) is -3.23. The van der Waals surface area contributed by atoms with Crippen LogP contribution in [-0.4, -0.2) is 45.5 Å². The van der Waals surface area contributed by atoms with E-state index in [9.17, 15) is 8.42 Å². The summed E-state index contributed by atoms with van der Waals surface area (Å²) in [6.07, 6.45) is 3.49. The Morgan fingerprint density at radius 3 is 2.76 bits per heavy atom. The maximum atomic E-state index is 12.2. The average molecular weight is 262 g/mol. The standard InChI is InChI=1S/C11H22N2O3S/c1-9-11(5-2-6-12-9)13-17(14,15)10-4-3-7-16-8-10/h9-13H,2-8H2,1H3. The Labute approximate surface area is 103 Å². The third-order valence-corrected chi connectivity index (χ3v) is 5.52. The highest BCUT2D eigenvalue weighted by Gasteiger charge is 2.32. The molecule has 0 bridgehead atoms. The molecule has 0 radical (unpaired) electrons. The molecule has 17 heavy (non-hydrogen) atoms. The van der Waals surface area contributed by atoms with Crippen molar-refractivity contribution in [2.45, 2.75) is 49.9 Å². The van der Waals surface area contributed by atoms with Crippen LogP contribution in [0.4, 0.5) is 0 Å². The molecule has 2 N–H and O–H groups in total. The van der Waals surface area contributed by atoms with E-state index in [1.54, 1.807) is 0 Å². The van der Waals surface area contributed by atoms with E-state index in [0.29, 0.717) is 19.6 Å². The van der Waals surface area contributed by atoms with Crippen LogP contribution in [0.1, 0.15) is 32.6 Å². The molecule has 3 unspecified atom stereocenters. The van der Waals surface area contributed by atoms with Gasteiger partial charge in [-0.25, -0.2) is 13.1 Å². The van der Waals surface area contributed by atoms with Gasteiger partial charge >= 0.3 is 0 Å². The first kappa shape index (κ1) is 13.3. The lowest BCUT2D eigenvalue weighted by atomic mass is 10.0. The minimum atomic E-state index is -3.23. The van der Waals surface area contributed by atoms with Gasteiger partial charge < -0.3 is 10.1 Å². The Kier molecular flexibility index (Phi) is 4.41. The van der Waals surface area contributed by atoms with E-state index in [1.807, 2.05) is 6.92 Å². The zero-order valence-corrected chi connectivity index (χ0v) is 11.1. The second-order valence-corrected chi connectivity index (χ2v) is 6.99. The second kappa shape index (κ2) is 5.65. The van der Waals surface area contributed by atoms with E-state index in [0.717, 1.165) is 25.8 Å². The highest BCUT2D eigenvalue weighted by molar-refractivity contribution is 7.90. The first-order valence-electron chi connectivity index (χ1n) is 6.42. The van der Waals surface area contributed by atoms with Crippen molar-refractivity contribution in [3.05, 3.63) is 0 Å². The van der Waals surface area contributed by atoms with Crippen LogP contribution in [0, 0.1) is 0 Å². The molecule has 0 aliphatic carbocycles. The van der Waals surface area contributed by atoms with Crippen LogP contribution >= 0.6 is 0 Å². The van der Waals surface area contributed by atoms with Crippen LogP contribution in [0.25, 0.3) is 0 Å². The van der Waals surface area contributed by atoms with Crippen LogP contribution in [0.15, 0.2) is 0 Å². The molecule has 0 amide bonds. The van der Waals surface area contributed by atoms with Crippen molar-refractivity contribution in [2.24, 2.45) is 0 Å². The Morgan fingerprint density at radius 2 is 2.12 bits per heavy atom. The summed E-state index contributed by atoms with van der Waals surface area (Å²) in [5, 5.41) is 2.93. The summed E-state index contributed by atoms with van der Waals surface area (Å²) in [5.74, 6) is 0. The van der Waals surface area contributed by atoms with Crippen molar-refractivity contribution in [1.29, 1.82) is 0 Å².